The SMILES string of the molecule is C=C(C)C(=O)O.C=C(C)C(=O)O.CC(CNC(=O)OCCO)CC(C)(C)CCNC(=O)OCCO. The summed E-state index contributed by atoms with van der Waals surface area (Å²) in [5.41, 5.74) is 0.338. The predicted molar refractivity (Wildman–Crippen MR) is 130 cm³/mol. The first-order valence-corrected chi connectivity index (χ1v) is 10.9. The molecule has 0 saturated heterocycles. The molecule has 1 unspecified atom stereocenters. The van der Waals surface area contributed by atoms with E-state index in [2.05, 4.69) is 37.6 Å². The fourth-order valence-corrected chi connectivity index (χ4v) is 2.26. The Hall–Kier alpha value is -3.12. The van der Waals surface area contributed by atoms with Crippen LogP contribution in [-0.4, -0.2) is 84.1 Å². The molecule has 2 amide bonds. The molecule has 0 heterocycles. The van der Waals surface area contributed by atoms with E-state index in [-0.39, 0.29) is 48.9 Å². The van der Waals surface area contributed by atoms with Crippen molar-refractivity contribution in [2.24, 2.45) is 11.3 Å². The summed E-state index contributed by atoms with van der Waals surface area (Å²) in [4.78, 5) is 41.7. The number of rotatable bonds is 13. The number of carboxylic acid groups (broad SMARTS) is 2. The fraction of sp³-hybridized carbons (Fsp3) is 0.652. The smallest absolute Gasteiger partial charge is 0.407 e. The topological polar surface area (TPSA) is 192 Å². The van der Waals surface area contributed by atoms with Gasteiger partial charge in [-0.2, -0.15) is 0 Å². The molecule has 0 aliphatic carbocycles. The van der Waals surface area contributed by atoms with Gasteiger partial charge in [-0.15, -0.1) is 0 Å². The number of carbonyl (C=O) groups is 4. The van der Waals surface area contributed by atoms with Crippen LogP contribution >= 0.6 is 0 Å². The molecule has 204 valence electrons. The van der Waals surface area contributed by atoms with Crippen molar-refractivity contribution in [3.05, 3.63) is 24.3 Å². The minimum absolute atomic E-state index is 0.00961. The third-order valence-electron chi connectivity index (χ3n) is 3.95. The van der Waals surface area contributed by atoms with Gasteiger partial charge in [-0.05, 0) is 38.0 Å². The first-order valence-electron chi connectivity index (χ1n) is 10.9. The van der Waals surface area contributed by atoms with Crippen LogP contribution < -0.4 is 10.6 Å². The highest BCUT2D eigenvalue weighted by Gasteiger charge is 2.21. The lowest BCUT2D eigenvalue weighted by Gasteiger charge is -2.28. The van der Waals surface area contributed by atoms with Crippen LogP contribution in [0.4, 0.5) is 9.59 Å². The number of carbonyl (C=O) groups excluding carboxylic acids is 2. The molecular weight excluding hydrogens is 464 g/mol. The fourth-order valence-electron chi connectivity index (χ4n) is 2.26. The van der Waals surface area contributed by atoms with Gasteiger partial charge in [0.2, 0.25) is 0 Å². The van der Waals surface area contributed by atoms with Crippen LogP contribution in [0.3, 0.4) is 0 Å². The van der Waals surface area contributed by atoms with Gasteiger partial charge in [-0.1, -0.05) is 33.9 Å². The van der Waals surface area contributed by atoms with E-state index in [1.165, 1.54) is 13.8 Å². The van der Waals surface area contributed by atoms with Gasteiger partial charge in [0.25, 0.3) is 0 Å². The second-order valence-corrected chi connectivity index (χ2v) is 8.42. The summed E-state index contributed by atoms with van der Waals surface area (Å²) in [6.45, 7) is 16.0. The van der Waals surface area contributed by atoms with Crippen molar-refractivity contribution in [2.75, 3.05) is 39.5 Å². The van der Waals surface area contributed by atoms with Crippen LogP contribution in [0.25, 0.3) is 0 Å². The molecule has 35 heavy (non-hydrogen) atoms. The highest BCUT2D eigenvalue weighted by atomic mass is 16.6. The standard InChI is InChI=1S/C15H30N2O6.2C4H6O2/c1-12(11-17-14(21)23-9-7-19)10-15(2,3)4-5-16-13(20)22-8-6-18;2*1-3(2)4(5)6/h12,18-19H,4-11H2,1-3H3,(H,16,20)(H,17,21);2*1H2,2H3,(H,5,6). The number of hydrogen-bond acceptors (Lipinski definition) is 8. The molecule has 12 heteroatoms. The molecule has 0 fully saturated rings. The zero-order valence-corrected chi connectivity index (χ0v) is 21.4. The van der Waals surface area contributed by atoms with E-state index in [1.807, 2.05) is 6.92 Å². The van der Waals surface area contributed by atoms with Crippen molar-refractivity contribution in [1.82, 2.24) is 10.6 Å². The van der Waals surface area contributed by atoms with Gasteiger partial charge in [0.15, 0.2) is 0 Å². The van der Waals surface area contributed by atoms with Crippen LogP contribution in [0.1, 0.15) is 47.5 Å². The molecule has 6 N–H and O–H groups in total. The molecule has 1 atom stereocenters. The van der Waals surface area contributed by atoms with Crippen LogP contribution in [-0.2, 0) is 19.1 Å². The van der Waals surface area contributed by atoms with Crippen LogP contribution in [0, 0.1) is 11.3 Å². The predicted octanol–water partition coefficient (Wildman–Crippen LogP) is 2.16. The van der Waals surface area contributed by atoms with Gasteiger partial charge in [0, 0.05) is 24.2 Å². The summed E-state index contributed by atoms with van der Waals surface area (Å²) in [7, 11) is 0. The molecule has 0 bridgehead atoms. The Morgan fingerprint density at radius 2 is 1.23 bits per heavy atom. The summed E-state index contributed by atoms with van der Waals surface area (Å²) in [6.07, 6.45) is 0.564. The van der Waals surface area contributed by atoms with Crippen molar-refractivity contribution in [1.29, 1.82) is 0 Å². The molecule has 12 nitrogen and oxygen atoms in total. The van der Waals surface area contributed by atoms with Gasteiger partial charge in [-0.3, -0.25) is 0 Å². The second kappa shape index (κ2) is 21.4. The Morgan fingerprint density at radius 1 is 0.857 bits per heavy atom. The molecule has 0 aromatic carbocycles. The van der Waals surface area contributed by atoms with E-state index in [0.717, 1.165) is 12.8 Å². The van der Waals surface area contributed by atoms with Crippen molar-refractivity contribution in [2.45, 2.75) is 47.5 Å². The summed E-state index contributed by atoms with van der Waals surface area (Å²) >= 11 is 0. The quantitative estimate of drug-likeness (QED) is 0.202. The van der Waals surface area contributed by atoms with Crippen molar-refractivity contribution in [3.63, 3.8) is 0 Å². The lowest BCUT2D eigenvalue weighted by molar-refractivity contribution is -0.133. The Kier molecular flexibility index (Phi) is 22.3. The first kappa shape index (κ1) is 36.4. The van der Waals surface area contributed by atoms with E-state index >= 15 is 0 Å². The van der Waals surface area contributed by atoms with Crippen LogP contribution in [0.2, 0.25) is 0 Å². The van der Waals surface area contributed by atoms with Gasteiger partial charge in [-0.25, -0.2) is 19.2 Å². The van der Waals surface area contributed by atoms with Gasteiger partial charge in [0.05, 0.1) is 13.2 Å². The molecule has 0 aliphatic rings. The van der Waals surface area contributed by atoms with Gasteiger partial charge < -0.3 is 40.5 Å². The van der Waals surface area contributed by atoms with Crippen molar-refractivity contribution >= 4 is 24.1 Å². The van der Waals surface area contributed by atoms with Crippen molar-refractivity contribution < 1.29 is 49.1 Å². The molecule has 0 aromatic rings. The molecule has 0 aliphatic heterocycles. The number of amides is 2. The number of aliphatic hydroxyl groups excluding tert-OH is 2. The molecule has 0 saturated carbocycles. The first-order chi connectivity index (χ1) is 16.1. The normalized spacial score (nSPS) is 10.7. The summed E-state index contributed by atoms with van der Waals surface area (Å²) in [6, 6.07) is 0. The van der Waals surface area contributed by atoms with Gasteiger partial charge in [0.1, 0.15) is 13.2 Å². The maximum atomic E-state index is 11.3. The Balaban J connectivity index is -0.000000697. The monoisotopic (exact) mass is 506 g/mol. The lowest BCUT2D eigenvalue weighted by atomic mass is 9.80. The van der Waals surface area contributed by atoms with Crippen LogP contribution in [0.15, 0.2) is 24.3 Å². The lowest BCUT2D eigenvalue weighted by Crippen LogP contribution is -2.33. The van der Waals surface area contributed by atoms with Crippen LogP contribution in [0.5, 0.6) is 0 Å². The molecule has 0 radical (unpaired) electrons. The number of nitrogens with one attached hydrogen (secondary N) is 2. The third-order valence-corrected chi connectivity index (χ3v) is 3.95. The molecule has 0 spiro atoms. The molecular formula is C23H42N2O10. The Bertz CT molecular complexity index is 629. The largest absolute Gasteiger partial charge is 0.478 e. The number of aliphatic hydroxyl groups is 2. The average molecular weight is 507 g/mol. The summed E-state index contributed by atoms with van der Waals surface area (Å²) in [5, 5.41) is 38.2. The third kappa shape index (κ3) is 28.8. The van der Waals surface area contributed by atoms with E-state index in [9.17, 15) is 19.2 Å². The summed E-state index contributed by atoms with van der Waals surface area (Å²) < 4.78 is 9.42. The zero-order chi connectivity index (χ0) is 28.0. The molecule has 0 aromatic heterocycles. The number of hydrogen-bond donors (Lipinski definition) is 6. The number of ether oxygens (including phenoxy) is 2. The minimum atomic E-state index is -0.935. The Labute approximate surface area is 207 Å². The number of alkyl carbamates (subject to hydrolysis) is 2. The zero-order valence-electron chi connectivity index (χ0n) is 21.4. The van der Waals surface area contributed by atoms with E-state index < -0.39 is 24.1 Å². The highest BCUT2D eigenvalue weighted by molar-refractivity contribution is 5.85. The number of aliphatic carboxylic acids is 2. The maximum absolute atomic E-state index is 11.3. The maximum Gasteiger partial charge on any atom is 0.407 e. The van der Waals surface area contributed by atoms with Crippen molar-refractivity contribution in [3.8, 4) is 0 Å². The van der Waals surface area contributed by atoms with Gasteiger partial charge >= 0.3 is 24.1 Å². The average Bonchev–Trinajstić information content (AvgIpc) is 2.75. The Morgan fingerprint density at radius 3 is 1.57 bits per heavy atom. The summed E-state index contributed by atoms with van der Waals surface area (Å²) in [5.74, 6) is -1.63. The highest BCUT2D eigenvalue weighted by Crippen LogP contribution is 2.28. The second-order valence-electron chi connectivity index (χ2n) is 8.42. The number of carboxylic acids is 2. The molecule has 0 rings (SSSR count). The van der Waals surface area contributed by atoms with E-state index in [1.54, 1.807) is 0 Å². The van der Waals surface area contributed by atoms with E-state index in [4.69, 9.17) is 29.9 Å². The van der Waals surface area contributed by atoms with E-state index in [0.29, 0.717) is 13.1 Å². The minimum Gasteiger partial charge on any atom is -0.478 e.